The van der Waals surface area contributed by atoms with Crippen LogP contribution in [0.5, 0.6) is 0 Å². The quantitative estimate of drug-likeness (QED) is 0.419. The predicted octanol–water partition coefficient (Wildman–Crippen LogP) is 5.50. The number of methoxy groups -OCH3 is 1. The molecule has 0 unspecified atom stereocenters. The largest absolute Gasteiger partial charge is 0.465 e. The van der Waals surface area contributed by atoms with Crippen molar-refractivity contribution in [1.29, 1.82) is 0 Å². The number of fused-ring (bicyclic) bond motifs is 1. The molecule has 0 bridgehead atoms. The molecule has 1 aliphatic carbocycles. The molecule has 4 nitrogen and oxygen atoms in total. The van der Waals surface area contributed by atoms with Crippen molar-refractivity contribution in [2.75, 3.05) is 7.11 Å². The number of pyridine rings is 1. The summed E-state index contributed by atoms with van der Waals surface area (Å²) in [6, 6.07) is 18.9. The van der Waals surface area contributed by atoms with Crippen molar-refractivity contribution in [3.05, 3.63) is 89.4 Å². The van der Waals surface area contributed by atoms with Crippen LogP contribution in [0.2, 0.25) is 0 Å². The van der Waals surface area contributed by atoms with E-state index in [1.54, 1.807) is 0 Å². The van der Waals surface area contributed by atoms with E-state index in [4.69, 9.17) is 4.74 Å². The van der Waals surface area contributed by atoms with E-state index in [1.807, 2.05) is 18.3 Å². The molecule has 2 aromatic heterocycles. The second kappa shape index (κ2) is 7.45. The van der Waals surface area contributed by atoms with E-state index in [0.29, 0.717) is 17.9 Å². The average molecular weight is 396 g/mol. The van der Waals surface area contributed by atoms with Crippen LogP contribution in [0.25, 0.3) is 22.0 Å². The fourth-order valence-corrected chi connectivity index (χ4v) is 4.22. The van der Waals surface area contributed by atoms with Crippen LogP contribution in [-0.4, -0.2) is 22.6 Å². The highest BCUT2D eigenvalue weighted by Crippen LogP contribution is 2.40. The third kappa shape index (κ3) is 3.39. The molecule has 1 saturated carbocycles. The number of hydrogen-bond donors (Lipinski definition) is 0. The standard InChI is InChI=1S/C26H24N2O2/c1-28-11-10-20-12-17(13-22(25(20)28)19-6-4-3-5-7-19)14-24-23(26(29)30-2)15-21(16-27-24)18-8-9-18/h3-7,10-13,15-16,18H,8-9,14H2,1-2H3. The Morgan fingerprint density at radius 1 is 1.13 bits per heavy atom. The molecule has 1 fully saturated rings. The van der Waals surface area contributed by atoms with E-state index >= 15 is 0 Å². The summed E-state index contributed by atoms with van der Waals surface area (Å²) in [7, 11) is 3.50. The zero-order chi connectivity index (χ0) is 20.7. The maximum Gasteiger partial charge on any atom is 0.339 e. The van der Waals surface area contributed by atoms with Crippen molar-refractivity contribution in [3.63, 3.8) is 0 Å². The molecule has 0 N–H and O–H groups in total. The number of aromatic nitrogens is 2. The molecule has 0 atom stereocenters. The Morgan fingerprint density at radius 3 is 2.67 bits per heavy atom. The van der Waals surface area contributed by atoms with Crippen LogP contribution in [0.15, 0.2) is 67.0 Å². The van der Waals surface area contributed by atoms with Crippen molar-refractivity contribution < 1.29 is 9.53 Å². The van der Waals surface area contributed by atoms with Crippen LogP contribution in [0, 0.1) is 0 Å². The van der Waals surface area contributed by atoms with E-state index in [0.717, 1.165) is 16.8 Å². The molecule has 2 aromatic carbocycles. The van der Waals surface area contributed by atoms with Crippen molar-refractivity contribution in [2.24, 2.45) is 7.05 Å². The Kier molecular flexibility index (Phi) is 4.62. The summed E-state index contributed by atoms with van der Waals surface area (Å²) in [6.45, 7) is 0. The molecule has 4 heteroatoms. The second-order valence-electron chi connectivity index (χ2n) is 8.08. The summed E-state index contributed by atoms with van der Waals surface area (Å²) < 4.78 is 7.21. The Labute approximate surface area is 176 Å². The normalized spacial score (nSPS) is 13.5. The zero-order valence-electron chi connectivity index (χ0n) is 17.3. The summed E-state index contributed by atoms with van der Waals surface area (Å²) in [5, 5.41) is 1.18. The van der Waals surface area contributed by atoms with E-state index in [1.165, 1.54) is 42.0 Å². The fourth-order valence-electron chi connectivity index (χ4n) is 4.22. The van der Waals surface area contributed by atoms with E-state index in [-0.39, 0.29) is 5.97 Å². The number of hydrogen-bond acceptors (Lipinski definition) is 3. The summed E-state index contributed by atoms with van der Waals surface area (Å²) in [4.78, 5) is 17.1. The number of carbonyl (C=O) groups excluding carboxylic acids is 1. The van der Waals surface area contributed by atoms with Crippen LogP contribution in [0.1, 0.15) is 45.9 Å². The van der Waals surface area contributed by atoms with Gasteiger partial charge in [0.05, 0.1) is 23.9 Å². The number of aryl methyl sites for hydroxylation is 1. The number of rotatable bonds is 5. The molecule has 0 aliphatic heterocycles. The van der Waals surface area contributed by atoms with Gasteiger partial charge >= 0.3 is 5.97 Å². The zero-order valence-corrected chi connectivity index (χ0v) is 17.3. The number of benzene rings is 2. The highest BCUT2D eigenvalue weighted by atomic mass is 16.5. The third-order valence-corrected chi connectivity index (χ3v) is 5.93. The van der Waals surface area contributed by atoms with Crippen LogP contribution in [0.3, 0.4) is 0 Å². The molecule has 5 rings (SSSR count). The summed E-state index contributed by atoms with van der Waals surface area (Å²) in [5.74, 6) is 0.226. The lowest BCUT2D eigenvalue weighted by Crippen LogP contribution is -2.09. The molecule has 0 amide bonds. The van der Waals surface area contributed by atoms with E-state index < -0.39 is 0 Å². The van der Waals surface area contributed by atoms with E-state index in [2.05, 4.69) is 65.3 Å². The number of nitrogens with zero attached hydrogens (tertiary/aromatic N) is 2. The lowest BCUT2D eigenvalue weighted by molar-refractivity contribution is 0.0599. The first-order chi connectivity index (χ1) is 14.6. The monoisotopic (exact) mass is 396 g/mol. The maximum atomic E-state index is 12.5. The lowest BCUT2D eigenvalue weighted by Gasteiger charge is -2.12. The Hall–Kier alpha value is -3.40. The fraction of sp³-hybridized carbons (Fsp3) is 0.231. The number of esters is 1. The van der Waals surface area contributed by atoms with Gasteiger partial charge in [-0.1, -0.05) is 30.3 Å². The minimum Gasteiger partial charge on any atom is -0.465 e. The molecule has 2 heterocycles. The molecule has 4 aromatic rings. The smallest absolute Gasteiger partial charge is 0.339 e. The van der Waals surface area contributed by atoms with Gasteiger partial charge in [-0.3, -0.25) is 4.98 Å². The second-order valence-corrected chi connectivity index (χ2v) is 8.08. The first kappa shape index (κ1) is 18.6. The molecule has 30 heavy (non-hydrogen) atoms. The van der Waals surface area contributed by atoms with Crippen LogP contribution in [-0.2, 0) is 18.2 Å². The lowest BCUT2D eigenvalue weighted by atomic mass is 9.96. The molecule has 1 aliphatic rings. The highest BCUT2D eigenvalue weighted by Gasteiger charge is 2.26. The van der Waals surface area contributed by atoms with Gasteiger partial charge in [-0.2, -0.15) is 0 Å². The first-order valence-electron chi connectivity index (χ1n) is 10.3. The SMILES string of the molecule is COC(=O)c1cc(C2CC2)cnc1Cc1cc(-c2ccccc2)c2c(ccn2C)c1. The molecule has 0 saturated heterocycles. The van der Waals surface area contributed by atoms with Gasteiger partial charge in [0.2, 0.25) is 0 Å². The molecule has 150 valence electrons. The average Bonchev–Trinajstić information content (AvgIpc) is 3.57. The van der Waals surface area contributed by atoms with Gasteiger partial charge in [0.15, 0.2) is 0 Å². The molecular weight excluding hydrogens is 372 g/mol. The van der Waals surface area contributed by atoms with Gasteiger partial charge < -0.3 is 9.30 Å². The topological polar surface area (TPSA) is 44.1 Å². The van der Waals surface area contributed by atoms with Gasteiger partial charge in [0.1, 0.15) is 0 Å². The summed E-state index contributed by atoms with van der Waals surface area (Å²) in [6.07, 6.45) is 6.95. The van der Waals surface area contributed by atoms with Crippen molar-refractivity contribution >= 4 is 16.9 Å². The van der Waals surface area contributed by atoms with Gasteiger partial charge in [0.25, 0.3) is 0 Å². The predicted molar refractivity (Wildman–Crippen MR) is 119 cm³/mol. The molecule has 0 radical (unpaired) electrons. The minimum absolute atomic E-state index is 0.316. The molecule has 0 spiro atoms. The number of carbonyl (C=O) groups is 1. The third-order valence-electron chi connectivity index (χ3n) is 5.93. The van der Waals surface area contributed by atoms with Crippen LogP contribution in [0.4, 0.5) is 0 Å². The summed E-state index contributed by atoms with van der Waals surface area (Å²) in [5.41, 5.74) is 7.18. The minimum atomic E-state index is -0.316. The Bertz CT molecular complexity index is 1240. The Morgan fingerprint density at radius 2 is 1.93 bits per heavy atom. The van der Waals surface area contributed by atoms with Crippen LogP contribution < -0.4 is 0 Å². The van der Waals surface area contributed by atoms with Crippen LogP contribution >= 0.6 is 0 Å². The van der Waals surface area contributed by atoms with Gasteiger partial charge in [-0.15, -0.1) is 0 Å². The van der Waals surface area contributed by atoms with Gasteiger partial charge in [-0.05, 0) is 59.7 Å². The van der Waals surface area contributed by atoms with Gasteiger partial charge in [0, 0.05) is 36.8 Å². The van der Waals surface area contributed by atoms with E-state index in [9.17, 15) is 4.79 Å². The Balaban J connectivity index is 1.60. The van der Waals surface area contributed by atoms with Crippen molar-refractivity contribution in [2.45, 2.75) is 25.2 Å². The summed E-state index contributed by atoms with van der Waals surface area (Å²) >= 11 is 0. The molecular formula is C26H24N2O2. The number of ether oxygens (including phenoxy) is 1. The van der Waals surface area contributed by atoms with Crippen molar-refractivity contribution in [3.8, 4) is 11.1 Å². The van der Waals surface area contributed by atoms with Crippen molar-refractivity contribution in [1.82, 2.24) is 9.55 Å². The first-order valence-corrected chi connectivity index (χ1v) is 10.3. The van der Waals surface area contributed by atoms with Gasteiger partial charge in [-0.25, -0.2) is 4.79 Å². The highest BCUT2D eigenvalue weighted by molar-refractivity contribution is 5.96. The maximum absolute atomic E-state index is 12.5.